The zero-order valence-electron chi connectivity index (χ0n) is 5.75. The van der Waals surface area contributed by atoms with Gasteiger partial charge in [-0.2, -0.15) is 0 Å². The molecular formula is C8H6ClNO. The molecule has 0 aliphatic carbocycles. The van der Waals surface area contributed by atoms with E-state index in [1.54, 1.807) is 12.5 Å². The zero-order chi connectivity index (χ0) is 7.68. The van der Waals surface area contributed by atoms with Gasteiger partial charge in [-0.15, -0.1) is 11.6 Å². The quantitative estimate of drug-likeness (QED) is 0.611. The molecule has 0 fully saturated rings. The maximum absolute atomic E-state index is 5.66. The lowest BCUT2D eigenvalue weighted by Crippen LogP contribution is -1.82. The summed E-state index contributed by atoms with van der Waals surface area (Å²) in [6.45, 7) is 0. The Labute approximate surface area is 68.8 Å². The number of furan rings is 1. The molecule has 2 nitrogen and oxygen atoms in total. The number of nitrogens with zero attached hydrogens (tertiary/aromatic N) is 1. The van der Waals surface area contributed by atoms with E-state index in [0.29, 0.717) is 5.88 Å². The predicted octanol–water partition coefficient (Wildman–Crippen LogP) is 2.57. The SMILES string of the molecule is ClCc1nccc2occc12. The van der Waals surface area contributed by atoms with Crippen LogP contribution in [0.1, 0.15) is 5.69 Å². The Kier molecular flexibility index (Phi) is 1.55. The summed E-state index contributed by atoms with van der Waals surface area (Å²) in [5.74, 6) is 0.427. The zero-order valence-corrected chi connectivity index (χ0v) is 6.51. The van der Waals surface area contributed by atoms with Gasteiger partial charge in [-0.3, -0.25) is 4.98 Å². The lowest BCUT2D eigenvalue weighted by molar-refractivity contribution is 0.615. The Morgan fingerprint density at radius 1 is 1.45 bits per heavy atom. The van der Waals surface area contributed by atoms with Crippen molar-refractivity contribution in [2.45, 2.75) is 5.88 Å². The van der Waals surface area contributed by atoms with Crippen LogP contribution in [-0.4, -0.2) is 4.98 Å². The number of fused-ring (bicyclic) bond motifs is 1. The van der Waals surface area contributed by atoms with Crippen molar-refractivity contribution in [1.29, 1.82) is 0 Å². The second kappa shape index (κ2) is 2.55. The fourth-order valence-corrected chi connectivity index (χ4v) is 1.27. The summed E-state index contributed by atoms with van der Waals surface area (Å²) in [5, 5.41) is 1.00. The first-order valence-electron chi connectivity index (χ1n) is 3.29. The molecule has 2 heterocycles. The molecular weight excluding hydrogens is 162 g/mol. The van der Waals surface area contributed by atoms with Gasteiger partial charge in [-0.25, -0.2) is 0 Å². The normalized spacial score (nSPS) is 10.6. The van der Waals surface area contributed by atoms with E-state index in [1.807, 2.05) is 12.1 Å². The second-order valence-corrected chi connectivity index (χ2v) is 2.49. The van der Waals surface area contributed by atoms with Crippen LogP contribution in [0.5, 0.6) is 0 Å². The second-order valence-electron chi connectivity index (χ2n) is 2.22. The molecule has 2 aromatic heterocycles. The summed E-state index contributed by atoms with van der Waals surface area (Å²) in [6.07, 6.45) is 3.34. The lowest BCUT2D eigenvalue weighted by Gasteiger charge is -1.93. The molecule has 2 rings (SSSR count). The number of halogens is 1. The molecule has 0 atom stereocenters. The van der Waals surface area contributed by atoms with E-state index < -0.39 is 0 Å². The molecule has 0 unspecified atom stereocenters. The van der Waals surface area contributed by atoms with Crippen LogP contribution < -0.4 is 0 Å². The minimum atomic E-state index is 0.427. The van der Waals surface area contributed by atoms with Crippen molar-refractivity contribution >= 4 is 22.6 Å². The van der Waals surface area contributed by atoms with Gasteiger partial charge in [0.1, 0.15) is 5.58 Å². The average Bonchev–Trinajstić information content (AvgIpc) is 2.50. The van der Waals surface area contributed by atoms with E-state index in [-0.39, 0.29) is 0 Å². The van der Waals surface area contributed by atoms with Crippen LogP contribution in [0, 0.1) is 0 Å². The minimum Gasteiger partial charge on any atom is -0.464 e. The maximum Gasteiger partial charge on any atom is 0.137 e. The molecule has 0 N–H and O–H groups in total. The van der Waals surface area contributed by atoms with Crippen LogP contribution in [0.3, 0.4) is 0 Å². The van der Waals surface area contributed by atoms with Crippen LogP contribution in [0.4, 0.5) is 0 Å². The first kappa shape index (κ1) is 6.68. The Morgan fingerprint density at radius 3 is 3.18 bits per heavy atom. The summed E-state index contributed by atoms with van der Waals surface area (Å²) in [7, 11) is 0. The highest BCUT2D eigenvalue weighted by Crippen LogP contribution is 2.18. The molecule has 0 spiro atoms. The molecule has 0 bridgehead atoms. The molecule has 0 aromatic carbocycles. The van der Waals surface area contributed by atoms with Crippen molar-refractivity contribution in [1.82, 2.24) is 4.98 Å². The topological polar surface area (TPSA) is 26.0 Å². The number of hydrogen-bond donors (Lipinski definition) is 0. The third-order valence-corrected chi connectivity index (χ3v) is 1.84. The van der Waals surface area contributed by atoms with Crippen molar-refractivity contribution in [3.05, 3.63) is 30.3 Å². The fraction of sp³-hybridized carbons (Fsp3) is 0.125. The summed E-state index contributed by atoms with van der Waals surface area (Å²) >= 11 is 5.66. The van der Waals surface area contributed by atoms with E-state index in [2.05, 4.69) is 4.98 Å². The number of aromatic nitrogens is 1. The monoisotopic (exact) mass is 167 g/mol. The molecule has 3 heteroatoms. The van der Waals surface area contributed by atoms with Crippen LogP contribution in [0.2, 0.25) is 0 Å². The lowest BCUT2D eigenvalue weighted by atomic mass is 10.2. The van der Waals surface area contributed by atoms with Crippen molar-refractivity contribution in [2.24, 2.45) is 0 Å². The standard InChI is InChI=1S/C8H6ClNO/c9-5-7-6-2-4-11-8(6)1-3-10-7/h1-4H,5H2. The van der Waals surface area contributed by atoms with Gasteiger partial charge in [0.15, 0.2) is 0 Å². The van der Waals surface area contributed by atoms with Gasteiger partial charge in [0.25, 0.3) is 0 Å². The van der Waals surface area contributed by atoms with Crippen molar-refractivity contribution in [3.8, 4) is 0 Å². The smallest absolute Gasteiger partial charge is 0.137 e. The van der Waals surface area contributed by atoms with Gasteiger partial charge in [0, 0.05) is 11.6 Å². The molecule has 2 aromatic rings. The predicted molar refractivity (Wildman–Crippen MR) is 43.6 cm³/mol. The summed E-state index contributed by atoms with van der Waals surface area (Å²) in [5.41, 5.74) is 1.72. The summed E-state index contributed by atoms with van der Waals surface area (Å²) in [4.78, 5) is 4.11. The Balaban J connectivity index is 2.79. The van der Waals surface area contributed by atoms with Gasteiger partial charge in [-0.05, 0) is 12.1 Å². The van der Waals surface area contributed by atoms with Crippen molar-refractivity contribution < 1.29 is 4.42 Å². The van der Waals surface area contributed by atoms with Crippen LogP contribution in [0.15, 0.2) is 29.0 Å². The molecule has 56 valence electrons. The van der Waals surface area contributed by atoms with Gasteiger partial charge in [0.2, 0.25) is 0 Å². The minimum absolute atomic E-state index is 0.427. The first-order chi connectivity index (χ1) is 5.42. The third-order valence-electron chi connectivity index (χ3n) is 1.59. The largest absolute Gasteiger partial charge is 0.464 e. The third kappa shape index (κ3) is 0.994. The highest BCUT2D eigenvalue weighted by molar-refractivity contribution is 6.17. The van der Waals surface area contributed by atoms with E-state index in [9.17, 15) is 0 Å². The summed E-state index contributed by atoms with van der Waals surface area (Å²) in [6, 6.07) is 3.70. The Hall–Kier alpha value is -1.02. The summed E-state index contributed by atoms with van der Waals surface area (Å²) < 4.78 is 5.16. The van der Waals surface area contributed by atoms with E-state index in [1.165, 1.54) is 0 Å². The Morgan fingerprint density at radius 2 is 2.36 bits per heavy atom. The van der Waals surface area contributed by atoms with Crippen LogP contribution in [0.25, 0.3) is 11.0 Å². The molecule has 0 amide bonds. The average molecular weight is 168 g/mol. The maximum atomic E-state index is 5.66. The first-order valence-corrected chi connectivity index (χ1v) is 3.82. The molecule has 0 aliphatic rings. The van der Waals surface area contributed by atoms with Gasteiger partial charge >= 0.3 is 0 Å². The highest BCUT2D eigenvalue weighted by atomic mass is 35.5. The highest BCUT2D eigenvalue weighted by Gasteiger charge is 2.01. The van der Waals surface area contributed by atoms with Gasteiger partial charge < -0.3 is 4.42 Å². The van der Waals surface area contributed by atoms with Crippen LogP contribution >= 0.6 is 11.6 Å². The fourth-order valence-electron chi connectivity index (χ4n) is 1.06. The number of hydrogen-bond acceptors (Lipinski definition) is 2. The Bertz CT molecular complexity index is 369. The number of rotatable bonds is 1. The number of alkyl halides is 1. The van der Waals surface area contributed by atoms with E-state index in [4.69, 9.17) is 16.0 Å². The molecule has 0 aliphatic heterocycles. The van der Waals surface area contributed by atoms with Gasteiger partial charge in [-0.1, -0.05) is 0 Å². The van der Waals surface area contributed by atoms with E-state index in [0.717, 1.165) is 16.7 Å². The van der Waals surface area contributed by atoms with Crippen molar-refractivity contribution in [3.63, 3.8) is 0 Å². The molecule has 0 radical (unpaired) electrons. The molecule has 11 heavy (non-hydrogen) atoms. The van der Waals surface area contributed by atoms with Crippen molar-refractivity contribution in [2.75, 3.05) is 0 Å². The van der Waals surface area contributed by atoms with Gasteiger partial charge in [0.05, 0.1) is 17.8 Å². The molecule has 0 saturated carbocycles. The van der Waals surface area contributed by atoms with Crippen LogP contribution in [-0.2, 0) is 5.88 Å². The number of pyridine rings is 1. The van der Waals surface area contributed by atoms with E-state index >= 15 is 0 Å². The molecule has 0 saturated heterocycles.